The smallest absolute Gasteiger partial charge is 0.249 e. The van der Waals surface area contributed by atoms with Gasteiger partial charge in [0, 0.05) is 0 Å². The van der Waals surface area contributed by atoms with E-state index in [2.05, 4.69) is 19.2 Å². The normalized spacial score (nSPS) is 13.7. The van der Waals surface area contributed by atoms with E-state index in [1.807, 2.05) is 6.08 Å². The Bertz CT molecular complexity index is 655. The van der Waals surface area contributed by atoms with Crippen LogP contribution in [0.25, 0.3) is 0 Å². The number of rotatable bonds is 38. The Morgan fingerprint density at radius 3 is 1.17 bits per heavy atom. The summed E-state index contributed by atoms with van der Waals surface area (Å²) < 4.78 is 0. The monoisotopic (exact) mass is 666 g/mol. The van der Waals surface area contributed by atoms with E-state index >= 15 is 0 Å². The van der Waals surface area contributed by atoms with Crippen molar-refractivity contribution in [3.05, 3.63) is 12.2 Å². The van der Waals surface area contributed by atoms with Gasteiger partial charge in [0.25, 0.3) is 0 Å². The van der Waals surface area contributed by atoms with E-state index in [1.165, 1.54) is 173 Å². The van der Waals surface area contributed by atoms with Crippen molar-refractivity contribution in [3.8, 4) is 0 Å². The number of amides is 1. The molecule has 47 heavy (non-hydrogen) atoms. The average Bonchev–Trinajstić information content (AvgIpc) is 3.07. The second-order valence-electron chi connectivity index (χ2n) is 14.6. The van der Waals surface area contributed by atoms with Crippen molar-refractivity contribution >= 4 is 5.91 Å². The van der Waals surface area contributed by atoms with E-state index in [9.17, 15) is 20.1 Å². The van der Waals surface area contributed by atoms with Crippen LogP contribution in [0, 0.1) is 0 Å². The molecule has 0 radical (unpaired) electrons. The standard InChI is InChI=1S/C42H83NO4/c1-3-5-7-9-11-13-15-17-19-21-23-25-27-29-31-33-35-37-41(46)42(47)43-39(38-44)40(45)36-34-32-30-28-26-24-22-20-18-16-14-12-10-8-6-4-2/h34,36,39-41,44-46H,3-33,35,37-38H2,1-2H3,(H,43,47)/b36-34+. The number of allylic oxidation sites excluding steroid dienone is 1. The molecule has 0 saturated carbocycles. The molecule has 0 heterocycles. The molecule has 0 saturated heterocycles. The fourth-order valence-corrected chi connectivity index (χ4v) is 6.54. The van der Waals surface area contributed by atoms with Gasteiger partial charge in [0.15, 0.2) is 0 Å². The lowest BCUT2D eigenvalue weighted by atomic mass is 10.0. The Labute approximate surface area is 293 Å². The van der Waals surface area contributed by atoms with Crippen LogP contribution in [0.3, 0.4) is 0 Å². The first-order valence-electron chi connectivity index (χ1n) is 21.0. The first-order valence-corrected chi connectivity index (χ1v) is 21.0. The average molecular weight is 666 g/mol. The van der Waals surface area contributed by atoms with E-state index < -0.39 is 24.2 Å². The van der Waals surface area contributed by atoms with Gasteiger partial charge in [-0.15, -0.1) is 0 Å². The van der Waals surface area contributed by atoms with Gasteiger partial charge >= 0.3 is 0 Å². The van der Waals surface area contributed by atoms with Gasteiger partial charge in [-0.1, -0.05) is 219 Å². The van der Waals surface area contributed by atoms with Crippen LogP contribution in [-0.2, 0) is 4.79 Å². The van der Waals surface area contributed by atoms with Crippen LogP contribution < -0.4 is 5.32 Å². The minimum atomic E-state index is -1.09. The van der Waals surface area contributed by atoms with Gasteiger partial charge in [0.05, 0.1) is 18.8 Å². The largest absolute Gasteiger partial charge is 0.394 e. The topological polar surface area (TPSA) is 89.8 Å². The molecule has 0 aromatic rings. The molecule has 4 N–H and O–H groups in total. The fraction of sp³-hybridized carbons (Fsp3) is 0.929. The summed E-state index contributed by atoms with van der Waals surface area (Å²) in [4.78, 5) is 12.4. The van der Waals surface area contributed by atoms with Gasteiger partial charge in [-0.2, -0.15) is 0 Å². The van der Waals surface area contributed by atoms with E-state index in [0.29, 0.717) is 6.42 Å². The van der Waals surface area contributed by atoms with Gasteiger partial charge in [-0.25, -0.2) is 0 Å². The van der Waals surface area contributed by atoms with Crippen LogP contribution in [0.15, 0.2) is 12.2 Å². The fourth-order valence-electron chi connectivity index (χ4n) is 6.54. The molecule has 0 aliphatic heterocycles. The highest BCUT2D eigenvalue weighted by Crippen LogP contribution is 2.16. The molecule has 280 valence electrons. The first kappa shape index (κ1) is 46.1. The molecule has 0 spiro atoms. The Hall–Kier alpha value is -0.910. The number of carbonyl (C=O) groups excluding carboxylic acids is 1. The van der Waals surface area contributed by atoms with E-state index in [0.717, 1.165) is 32.1 Å². The third kappa shape index (κ3) is 33.4. The van der Waals surface area contributed by atoms with Gasteiger partial charge in [-0.3, -0.25) is 4.79 Å². The molecule has 0 fully saturated rings. The van der Waals surface area contributed by atoms with Gasteiger partial charge in [0.2, 0.25) is 5.91 Å². The number of unbranched alkanes of at least 4 members (excludes halogenated alkanes) is 30. The number of hydrogen-bond donors (Lipinski definition) is 4. The van der Waals surface area contributed by atoms with Crippen molar-refractivity contribution in [2.75, 3.05) is 6.61 Å². The van der Waals surface area contributed by atoms with Crippen molar-refractivity contribution < 1.29 is 20.1 Å². The van der Waals surface area contributed by atoms with Gasteiger partial charge in [0.1, 0.15) is 6.10 Å². The molecule has 5 nitrogen and oxygen atoms in total. The number of carbonyl (C=O) groups is 1. The lowest BCUT2D eigenvalue weighted by Gasteiger charge is -2.21. The van der Waals surface area contributed by atoms with E-state index in [4.69, 9.17) is 0 Å². The predicted octanol–water partition coefficient (Wildman–Crippen LogP) is 11.7. The molecule has 0 aliphatic carbocycles. The zero-order chi connectivity index (χ0) is 34.5. The van der Waals surface area contributed by atoms with Crippen molar-refractivity contribution in [2.45, 2.75) is 244 Å². The zero-order valence-electron chi connectivity index (χ0n) is 31.7. The SMILES string of the molecule is CCCCCCCCCCCCCCCC/C=C/C(O)C(CO)NC(=O)C(O)CCCCCCCCCCCCCCCCCCC. The third-order valence-corrected chi connectivity index (χ3v) is 9.88. The van der Waals surface area contributed by atoms with Crippen LogP contribution in [0.4, 0.5) is 0 Å². The highest BCUT2D eigenvalue weighted by atomic mass is 16.3. The summed E-state index contributed by atoms with van der Waals surface area (Å²) >= 11 is 0. The maximum Gasteiger partial charge on any atom is 0.249 e. The van der Waals surface area contributed by atoms with E-state index in [1.54, 1.807) is 6.08 Å². The summed E-state index contributed by atoms with van der Waals surface area (Å²) in [7, 11) is 0. The van der Waals surface area contributed by atoms with Crippen molar-refractivity contribution in [1.82, 2.24) is 5.32 Å². The second-order valence-corrected chi connectivity index (χ2v) is 14.6. The van der Waals surface area contributed by atoms with Crippen LogP contribution in [0.5, 0.6) is 0 Å². The predicted molar refractivity (Wildman–Crippen MR) is 204 cm³/mol. The number of aliphatic hydroxyl groups excluding tert-OH is 3. The molecule has 3 unspecified atom stereocenters. The summed E-state index contributed by atoms with van der Waals surface area (Å²) in [6.07, 6.45) is 43.7. The number of aliphatic hydroxyl groups is 3. The minimum Gasteiger partial charge on any atom is -0.394 e. The molecule has 1 amide bonds. The Balaban J connectivity index is 3.67. The van der Waals surface area contributed by atoms with Gasteiger partial charge < -0.3 is 20.6 Å². The molecule has 0 bridgehead atoms. The quantitative estimate of drug-likeness (QED) is 0.0390. The molecular formula is C42H83NO4. The Kier molecular flexibility index (Phi) is 37.2. The van der Waals surface area contributed by atoms with E-state index in [-0.39, 0.29) is 6.61 Å². The third-order valence-electron chi connectivity index (χ3n) is 9.88. The lowest BCUT2D eigenvalue weighted by molar-refractivity contribution is -0.131. The molecule has 0 aromatic carbocycles. The van der Waals surface area contributed by atoms with Crippen molar-refractivity contribution in [1.29, 1.82) is 0 Å². The number of nitrogens with one attached hydrogen (secondary N) is 1. The summed E-state index contributed by atoms with van der Waals surface area (Å²) in [6, 6.07) is -0.791. The highest BCUT2D eigenvalue weighted by Gasteiger charge is 2.22. The first-order chi connectivity index (χ1) is 23.1. The molecular weight excluding hydrogens is 582 g/mol. The summed E-state index contributed by atoms with van der Waals surface area (Å²) in [6.45, 7) is 4.19. The lowest BCUT2D eigenvalue weighted by Crippen LogP contribution is -2.48. The molecule has 0 rings (SSSR count). The van der Waals surface area contributed by atoms with Crippen LogP contribution in [-0.4, -0.2) is 46.1 Å². The molecule has 0 aromatic heterocycles. The Morgan fingerprint density at radius 2 is 0.830 bits per heavy atom. The maximum absolute atomic E-state index is 12.4. The maximum atomic E-state index is 12.4. The van der Waals surface area contributed by atoms with Crippen molar-refractivity contribution in [3.63, 3.8) is 0 Å². The van der Waals surface area contributed by atoms with Gasteiger partial charge in [-0.05, 0) is 19.3 Å². The van der Waals surface area contributed by atoms with Crippen molar-refractivity contribution in [2.24, 2.45) is 0 Å². The second kappa shape index (κ2) is 37.9. The molecule has 5 heteroatoms. The summed E-state index contributed by atoms with van der Waals surface area (Å²) in [5, 5.41) is 33.1. The number of hydrogen-bond acceptors (Lipinski definition) is 4. The van der Waals surface area contributed by atoms with Crippen LogP contribution in [0.1, 0.15) is 226 Å². The van der Waals surface area contributed by atoms with Crippen LogP contribution >= 0.6 is 0 Å². The highest BCUT2D eigenvalue weighted by molar-refractivity contribution is 5.80. The van der Waals surface area contributed by atoms with Crippen LogP contribution in [0.2, 0.25) is 0 Å². The molecule has 3 atom stereocenters. The summed E-state index contributed by atoms with van der Waals surface area (Å²) in [5.74, 6) is -0.500. The summed E-state index contributed by atoms with van der Waals surface area (Å²) in [5.41, 5.74) is 0. The Morgan fingerprint density at radius 1 is 0.511 bits per heavy atom. The molecule has 0 aliphatic rings. The zero-order valence-corrected chi connectivity index (χ0v) is 31.7. The minimum absolute atomic E-state index is 0.359.